The molecule has 0 saturated heterocycles. The minimum absolute atomic E-state index is 0.0832. The third-order valence-corrected chi connectivity index (χ3v) is 4.61. The van der Waals surface area contributed by atoms with E-state index in [0.29, 0.717) is 26.2 Å². The lowest BCUT2D eigenvalue weighted by molar-refractivity contribution is 0.0783. The van der Waals surface area contributed by atoms with E-state index in [-0.39, 0.29) is 11.8 Å². The summed E-state index contributed by atoms with van der Waals surface area (Å²) in [7, 11) is 0. The van der Waals surface area contributed by atoms with Crippen molar-refractivity contribution in [2.75, 3.05) is 13.1 Å². The number of amides is 2. The molecule has 0 bridgehead atoms. The Morgan fingerprint density at radius 1 is 0.708 bits per heavy atom. The van der Waals surface area contributed by atoms with Crippen molar-refractivity contribution in [3.05, 3.63) is 82.9 Å². The van der Waals surface area contributed by atoms with E-state index in [4.69, 9.17) is 0 Å². The van der Waals surface area contributed by atoms with Gasteiger partial charge in [0, 0.05) is 37.3 Å². The molecule has 0 N–H and O–H groups in total. The molecule has 4 heteroatoms. The number of benzene rings is 2. The molecule has 0 atom stereocenters. The van der Waals surface area contributed by atoms with E-state index >= 15 is 0 Å². The van der Waals surface area contributed by atoms with E-state index < -0.39 is 0 Å². The summed E-state index contributed by atoms with van der Waals surface area (Å²) in [4.78, 5) is 28.2. The molecule has 0 radical (unpaired) electrons. The Kier molecular flexibility index (Phi) is 3.65. The van der Waals surface area contributed by atoms with Crippen LogP contribution in [0.2, 0.25) is 0 Å². The van der Waals surface area contributed by atoms with E-state index in [1.54, 1.807) is 0 Å². The second kappa shape index (κ2) is 5.96. The van der Waals surface area contributed by atoms with Crippen molar-refractivity contribution in [1.82, 2.24) is 9.80 Å². The summed E-state index contributed by atoms with van der Waals surface area (Å²) >= 11 is 0. The molecule has 0 aliphatic carbocycles. The van der Waals surface area contributed by atoms with E-state index in [0.717, 1.165) is 22.3 Å². The van der Waals surface area contributed by atoms with Crippen molar-refractivity contribution >= 4 is 11.8 Å². The van der Waals surface area contributed by atoms with E-state index in [2.05, 4.69) is 0 Å². The Morgan fingerprint density at radius 2 is 1.12 bits per heavy atom. The normalized spacial score (nSPS) is 16.2. The fourth-order valence-electron chi connectivity index (χ4n) is 3.33. The van der Waals surface area contributed by atoms with Gasteiger partial charge in [-0.3, -0.25) is 9.59 Å². The highest BCUT2D eigenvalue weighted by atomic mass is 16.2. The highest BCUT2D eigenvalue weighted by Crippen LogP contribution is 2.23. The lowest BCUT2D eigenvalue weighted by Crippen LogP contribution is -2.25. The Bertz CT molecular complexity index is 772. The topological polar surface area (TPSA) is 40.6 Å². The zero-order valence-electron chi connectivity index (χ0n) is 13.3. The molecule has 0 unspecified atom stereocenters. The number of fused-ring (bicyclic) bond motifs is 2. The molecule has 4 nitrogen and oxygen atoms in total. The minimum Gasteiger partial charge on any atom is -0.331 e. The summed E-state index contributed by atoms with van der Waals surface area (Å²) in [6.45, 7) is 2.46. The summed E-state index contributed by atoms with van der Waals surface area (Å²) in [5, 5.41) is 0. The largest absolute Gasteiger partial charge is 0.331 e. The van der Waals surface area contributed by atoms with Crippen molar-refractivity contribution in [3.63, 3.8) is 0 Å². The fourth-order valence-corrected chi connectivity index (χ4v) is 3.33. The van der Waals surface area contributed by atoms with Crippen LogP contribution in [-0.2, 0) is 13.1 Å². The smallest absolute Gasteiger partial charge is 0.254 e. The maximum atomic E-state index is 12.3. The van der Waals surface area contributed by atoms with Gasteiger partial charge in [-0.2, -0.15) is 0 Å². The van der Waals surface area contributed by atoms with Gasteiger partial charge in [-0.15, -0.1) is 0 Å². The van der Waals surface area contributed by atoms with Gasteiger partial charge in [0.25, 0.3) is 11.8 Å². The van der Waals surface area contributed by atoms with Crippen molar-refractivity contribution in [1.29, 1.82) is 0 Å². The van der Waals surface area contributed by atoms with Gasteiger partial charge in [-0.25, -0.2) is 0 Å². The molecule has 0 aromatic heterocycles. The van der Waals surface area contributed by atoms with Crippen LogP contribution in [0.4, 0.5) is 0 Å². The second-order valence-electron chi connectivity index (χ2n) is 6.16. The predicted molar refractivity (Wildman–Crippen MR) is 91.5 cm³/mol. The van der Waals surface area contributed by atoms with Gasteiger partial charge < -0.3 is 9.80 Å². The van der Waals surface area contributed by atoms with Crippen LogP contribution in [0.25, 0.3) is 0 Å². The molecule has 2 aliphatic heterocycles. The van der Waals surface area contributed by atoms with Crippen LogP contribution < -0.4 is 0 Å². The van der Waals surface area contributed by atoms with Gasteiger partial charge in [0.15, 0.2) is 0 Å². The zero-order valence-corrected chi connectivity index (χ0v) is 13.3. The number of rotatable bonds is 4. The number of nitrogens with zero attached hydrogens (tertiary/aromatic N) is 2. The Balaban J connectivity index is 1.34. The Labute approximate surface area is 141 Å². The van der Waals surface area contributed by atoms with Crippen LogP contribution in [-0.4, -0.2) is 34.7 Å². The standard InChI is InChI=1S/C20H18N2O2/c23-19-17-9-3-1-7-15(17)13-21(19)11-5-6-12-22-14-16-8-2-4-10-18(16)20(22)24/h1-10H,11-14H2/b6-5+. The average molecular weight is 318 g/mol. The predicted octanol–water partition coefficient (Wildman–Crippen LogP) is 2.85. The van der Waals surface area contributed by atoms with Gasteiger partial charge in [-0.1, -0.05) is 48.6 Å². The van der Waals surface area contributed by atoms with Gasteiger partial charge in [-0.05, 0) is 23.3 Å². The molecule has 0 saturated carbocycles. The first-order chi connectivity index (χ1) is 11.7. The van der Waals surface area contributed by atoms with Crippen molar-refractivity contribution in [2.24, 2.45) is 0 Å². The summed E-state index contributed by atoms with van der Waals surface area (Å²) in [6.07, 6.45) is 3.94. The summed E-state index contributed by atoms with van der Waals surface area (Å²) in [5.41, 5.74) is 3.77. The SMILES string of the molecule is O=C1c2ccccc2CN1C/C=C/CN1Cc2ccccc2C1=O. The van der Waals surface area contributed by atoms with Gasteiger partial charge in [0.2, 0.25) is 0 Å². The first-order valence-electron chi connectivity index (χ1n) is 8.13. The van der Waals surface area contributed by atoms with Crippen LogP contribution in [0.15, 0.2) is 60.7 Å². The Morgan fingerprint density at radius 3 is 1.54 bits per heavy atom. The highest BCUT2D eigenvalue weighted by Gasteiger charge is 2.26. The minimum atomic E-state index is 0.0832. The molecule has 2 amide bonds. The van der Waals surface area contributed by atoms with Gasteiger partial charge >= 0.3 is 0 Å². The summed E-state index contributed by atoms with van der Waals surface area (Å²) in [5.74, 6) is 0.166. The summed E-state index contributed by atoms with van der Waals surface area (Å²) < 4.78 is 0. The van der Waals surface area contributed by atoms with Crippen LogP contribution in [0.1, 0.15) is 31.8 Å². The monoisotopic (exact) mass is 318 g/mol. The summed E-state index contributed by atoms with van der Waals surface area (Å²) in [6, 6.07) is 15.5. The van der Waals surface area contributed by atoms with Crippen molar-refractivity contribution < 1.29 is 9.59 Å². The van der Waals surface area contributed by atoms with Crippen LogP contribution >= 0.6 is 0 Å². The third kappa shape index (κ3) is 2.50. The first kappa shape index (κ1) is 14.7. The lowest BCUT2D eigenvalue weighted by atomic mass is 10.1. The van der Waals surface area contributed by atoms with Crippen molar-refractivity contribution in [3.8, 4) is 0 Å². The van der Waals surface area contributed by atoms with Crippen LogP contribution in [0.5, 0.6) is 0 Å². The molecule has 0 fully saturated rings. The first-order valence-corrected chi connectivity index (χ1v) is 8.13. The average Bonchev–Trinajstić information content (AvgIpc) is 3.10. The third-order valence-electron chi connectivity index (χ3n) is 4.61. The maximum absolute atomic E-state index is 12.3. The van der Waals surface area contributed by atoms with E-state index in [1.807, 2.05) is 70.5 Å². The van der Waals surface area contributed by atoms with E-state index in [1.165, 1.54) is 0 Å². The molecule has 2 heterocycles. The Hall–Kier alpha value is -2.88. The zero-order chi connectivity index (χ0) is 16.5. The van der Waals surface area contributed by atoms with Gasteiger partial charge in [0.1, 0.15) is 0 Å². The highest BCUT2D eigenvalue weighted by molar-refractivity contribution is 5.99. The number of hydrogen-bond donors (Lipinski definition) is 0. The quantitative estimate of drug-likeness (QED) is 0.813. The number of hydrogen-bond acceptors (Lipinski definition) is 2. The molecule has 2 aromatic rings. The second-order valence-corrected chi connectivity index (χ2v) is 6.16. The maximum Gasteiger partial charge on any atom is 0.254 e. The van der Waals surface area contributed by atoms with Gasteiger partial charge in [0.05, 0.1) is 0 Å². The van der Waals surface area contributed by atoms with Crippen LogP contribution in [0, 0.1) is 0 Å². The molecular weight excluding hydrogens is 300 g/mol. The van der Waals surface area contributed by atoms with E-state index in [9.17, 15) is 9.59 Å². The number of carbonyl (C=O) groups excluding carboxylic acids is 2. The molecule has 0 spiro atoms. The molecule has 4 rings (SSSR count). The number of carbonyl (C=O) groups is 2. The lowest BCUT2D eigenvalue weighted by Gasteiger charge is -2.14. The molecule has 120 valence electrons. The molecular formula is C20H18N2O2. The fraction of sp³-hybridized carbons (Fsp3) is 0.200. The van der Waals surface area contributed by atoms with Crippen LogP contribution in [0.3, 0.4) is 0 Å². The molecule has 2 aromatic carbocycles. The van der Waals surface area contributed by atoms with Crippen molar-refractivity contribution in [2.45, 2.75) is 13.1 Å². The molecule has 24 heavy (non-hydrogen) atoms. The molecule has 2 aliphatic rings.